The largest absolute Gasteiger partial charge is 0.489 e. The van der Waals surface area contributed by atoms with Gasteiger partial charge >= 0.3 is 0 Å². The molecule has 0 saturated carbocycles. The minimum atomic E-state index is -0.484. The zero-order valence-electron chi connectivity index (χ0n) is 17.7. The molecule has 32 heavy (non-hydrogen) atoms. The lowest BCUT2D eigenvalue weighted by Gasteiger charge is -2.09. The van der Waals surface area contributed by atoms with Gasteiger partial charge in [-0.25, -0.2) is 5.43 Å². The Morgan fingerprint density at radius 2 is 1.69 bits per heavy atom. The number of nitrogens with one attached hydrogen (secondary N) is 2. The molecule has 7 heteroatoms. The van der Waals surface area contributed by atoms with Gasteiger partial charge in [0.2, 0.25) is 11.8 Å². The number of aryl methyl sites for hydroxylation is 1. The number of amides is 2. The third-order valence-electron chi connectivity index (χ3n) is 4.60. The van der Waals surface area contributed by atoms with Gasteiger partial charge in [0.1, 0.15) is 18.8 Å². The van der Waals surface area contributed by atoms with Crippen molar-refractivity contribution in [2.24, 2.45) is 5.10 Å². The molecule has 0 unspecified atom stereocenters. The van der Waals surface area contributed by atoms with Gasteiger partial charge < -0.3 is 10.1 Å². The number of carbonyl (C=O) groups is 2. The Balaban J connectivity index is 1.43. The van der Waals surface area contributed by atoms with Crippen molar-refractivity contribution >= 4 is 39.6 Å². The lowest BCUT2D eigenvalue weighted by Crippen LogP contribution is -2.25. The highest BCUT2D eigenvalue weighted by molar-refractivity contribution is 9.10. The smallest absolute Gasteiger partial charge is 0.249 e. The first-order valence-corrected chi connectivity index (χ1v) is 11.0. The van der Waals surface area contributed by atoms with Crippen molar-refractivity contribution in [2.75, 3.05) is 5.32 Å². The van der Waals surface area contributed by atoms with Crippen molar-refractivity contribution in [3.63, 3.8) is 0 Å². The van der Waals surface area contributed by atoms with Crippen LogP contribution < -0.4 is 15.5 Å². The zero-order valence-corrected chi connectivity index (χ0v) is 19.3. The van der Waals surface area contributed by atoms with Crippen LogP contribution in [-0.2, 0) is 22.6 Å². The summed E-state index contributed by atoms with van der Waals surface area (Å²) in [6.45, 7) is 2.48. The van der Waals surface area contributed by atoms with E-state index in [1.807, 2.05) is 79.7 Å². The third-order valence-corrected chi connectivity index (χ3v) is 5.12. The molecule has 0 spiro atoms. The van der Waals surface area contributed by atoms with Gasteiger partial charge in [-0.3, -0.25) is 9.59 Å². The lowest BCUT2D eigenvalue weighted by atomic mass is 10.1. The molecule has 0 radical (unpaired) electrons. The molecule has 0 aliphatic rings. The number of halogens is 1. The predicted molar refractivity (Wildman–Crippen MR) is 130 cm³/mol. The van der Waals surface area contributed by atoms with Crippen molar-refractivity contribution in [2.45, 2.75) is 26.4 Å². The summed E-state index contributed by atoms with van der Waals surface area (Å²) in [5, 5.41) is 6.68. The molecular formula is C25H24BrN3O3. The van der Waals surface area contributed by atoms with Crippen LogP contribution >= 0.6 is 15.9 Å². The molecule has 0 atom stereocenters. The minimum Gasteiger partial charge on any atom is -0.489 e. The van der Waals surface area contributed by atoms with Crippen LogP contribution in [0.1, 0.15) is 30.0 Å². The van der Waals surface area contributed by atoms with Crippen LogP contribution in [0.2, 0.25) is 0 Å². The maximum atomic E-state index is 12.1. The van der Waals surface area contributed by atoms with Crippen LogP contribution in [0.15, 0.2) is 82.4 Å². The van der Waals surface area contributed by atoms with Gasteiger partial charge in [-0.15, -0.1) is 0 Å². The SMILES string of the molecule is CCc1ccccc1NC(=O)CC(=O)NN=Cc1ccc(OCc2ccc(Br)cc2)cc1. The summed E-state index contributed by atoms with van der Waals surface area (Å²) in [5.41, 5.74) is 5.98. The van der Waals surface area contributed by atoms with E-state index in [1.165, 1.54) is 6.21 Å². The molecule has 3 rings (SSSR count). The highest BCUT2D eigenvalue weighted by Crippen LogP contribution is 2.16. The number of hydrogen-bond acceptors (Lipinski definition) is 4. The van der Waals surface area contributed by atoms with E-state index < -0.39 is 5.91 Å². The zero-order chi connectivity index (χ0) is 22.8. The number of carbonyl (C=O) groups excluding carboxylic acids is 2. The molecular weight excluding hydrogens is 470 g/mol. The monoisotopic (exact) mass is 493 g/mol. The fourth-order valence-electron chi connectivity index (χ4n) is 2.91. The van der Waals surface area contributed by atoms with E-state index in [2.05, 4.69) is 31.8 Å². The minimum absolute atomic E-state index is 0.307. The highest BCUT2D eigenvalue weighted by atomic mass is 79.9. The van der Waals surface area contributed by atoms with Crippen molar-refractivity contribution in [3.05, 3.63) is 94.0 Å². The van der Waals surface area contributed by atoms with Crippen LogP contribution in [0.3, 0.4) is 0 Å². The van der Waals surface area contributed by atoms with Gasteiger partial charge in [-0.05, 0) is 65.6 Å². The Labute approximate surface area is 195 Å². The van der Waals surface area contributed by atoms with Crippen LogP contribution in [0.25, 0.3) is 0 Å². The maximum Gasteiger partial charge on any atom is 0.249 e. The molecule has 0 aliphatic heterocycles. The molecule has 0 saturated heterocycles. The second kappa shape index (κ2) is 11.8. The van der Waals surface area contributed by atoms with Gasteiger partial charge in [-0.1, -0.05) is 53.2 Å². The third kappa shape index (κ3) is 7.35. The molecule has 0 heterocycles. The van der Waals surface area contributed by atoms with Crippen LogP contribution in [0, 0.1) is 0 Å². The summed E-state index contributed by atoms with van der Waals surface area (Å²) in [6, 6.07) is 22.8. The number of para-hydroxylation sites is 1. The van der Waals surface area contributed by atoms with E-state index in [-0.39, 0.29) is 12.3 Å². The van der Waals surface area contributed by atoms with Crippen molar-refractivity contribution in [1.82, 2.24) is 5.43 Å². The van der Waals surface area contributed by atoms with Crippen LogP contribution in [0.5, 0.6) is 5.75 Å². The predicted octanol–water partition coefficient (Wildman–Crippen LogP) is 5.07. The van der Waals surface area contributed by atoms with Gasteiger partial charge in [-0.2, -0.15) is 5.10 Å². The topological polar surface area (TPSA) is 79.8 Å². The first kappa shape index (κ1) is 23.2. The van der Waals surface area contributed by atoms with Crippen molar-refractivity contribution < 1.29 is 14.3 Å². The Bertz CT molecular complexity index is 1080. The van der Waals surface area contributed by atoms with Gasteiger partial charge in [0.15, 0.2) is 0 Å². The van der Waals surface area contributed by atoms with E-state index in [0.29, 0.717) is 6.61 Å². The normalized spacial score (nSPS) is 10.7. The van der Waals surface area contributed by atoms with Gasteiger partial charge in [0, 0.05) is 10.2 Å². The molecule has 6 nitrogen and oxygen atoms in total. The van der Waals surface area contributed by atoms with Crippen molar-refractivity contribution in [1.29, 1.82) is 0 Å². The fourth-order valence-corrected chi connectivity index (χ4v) is 3.17. The maximum absolute atomic E-state index is 12.1. The summed E-state index contributed by atoms with van der Waals surface area (Å²) in [4.78, 5) is 24.1. The molecule has 3 aromatic carbocycles. The quantitative estimate of drug-likeness (QED) is 0.248. The molecule has 0 fully saturated rings. The number of rotatable bonds is 9. The highest BCUT2D eigenvalue weighted by Gasteiger charge is 2.10. The van der Waals surface area contributed by atoms with E-state index in [1.54, 1.807) is 0 Å². The van der Waals surface area contributed by atoms with E-state index in [9.17, 15) is 9.59 Å². The summed E-state index contributed by atoms with van der Waals surface area (Å²) in [7, 11) is 0. The number of benzene rings is 3. The molecule has 0 aromatic heterocycles. The molecule has 3 aromatic rings. The Hall–Kier alpha value is -3.45. The number of ether oxygens (including phenoxy) is 1. The number of nitrogens with zero attached hydrogens (tertiary/aromatic N) is 1. The second-order valence-electron chi connectivity index (χ2n) is 7.01. The molecule has 2 amide bonds. The fraction of sp³-hybridized carbons (Fsp3) is 0.160. The average Bonchev–Trinajstić information content (AvgIpc) is 2.80. The van der Waals surface area contributed by atoms with Crippen molar-refractivity contribution in [3.8, 4) is 5.75 Å². The number of hydrazone groups is 1. The second-order valence-corrected chi connectivity index (χ2v) is 7.93. The van der Waals surface area contributed by atoms with Crippen LogP contribution in [-0.4, -0.2) is 18.0 Å². The molecule has 0 bridgehead atoms. The number of anilines is 1. The van der Waals surface area contributed by atoms with Crippen LogP contribution in [0.4, 0.5) is 5.69 Å². The summed E-state index contributed by atoms with van der Waals surface area (Å²) >= 11 is 3.41. The molecule has 2 N–H and O–H groups in total. The van der Waals surface area contributed by atoms with E-state index in [0.717, 1.165) is 39.0 Å². The lowest BCUT2D eigenvalue weighted by molar-refractivity contribution is -0.126. The standard InChI is InChI=1S/C25H24BrN3O3/c1-2-20-5-3-4-6-23(20)28-24(30)15-25(31)29-27-16-18-9-13-22(14-10-18)32-17-19-7-11-21(26)12-8-19/h3-14,16H,2,15,17H2,1H3,(H,28,30)(H,29,31). The summed E-state index contributed by atoms with van der Waals surface area (Å²) < 4.78 is 6.79. The van der Waals surface area contributed by atoms with E-state index in [4.69, 9.17) is 4.74 Å². The molecule has 164 valence electrons. The van der Waals surface area contributed by atoms with Gasteiger partial charge in [0.05, 0.1) is 6.21 Å². The first-order chi connectivity index (χ1) is 15.5. The Morgan fingerprint density at radius 1 is 0.969 bits per heavy atom. The number of hydrogen-bond donors (Lipinski definition) is 2. The molecule has 0 aliphatic carbocycles. The first-order valence-electron chi connectivity index (χ1n) is 10.2. The van der Waals surface area contributed by atoms with Gasteiger partial charge in [0.25, 0.3) is 0 Å². The Morgan fingerprint density at radius 3 is 2.41 bits per heavy atom. The van der Waals surface area contributed by atoms with E-state index >= 15 is 0 Å². The average molecular weight is 494 g/mol. The Kier molecular flexibility index (Phi) is 8.57. The summed E-state index contributed by atoms with van der Waals surface area (Å²) in [5.74, 6) is -0.133. The summed E-state index contributed by atoms with van der Waals surface area (Å²) in [6.07, 6.45) is 2.00.